The number of aromatic nitrogens is 3. The second-order valence-corrected chi connectivity index (χ2v) is 9.72. The van der Waals surface area contributed by atoms with Crippen molar-refractivity contribution in [2.75, 3.05) is 35.7 Å². The van der Waals surface area contributed by atoms with Crippen molar-refractivity contribution in [3.63, 3.8) is 0 Å². The summed E-state index contributed by atoms with van der Waals surface area (Å²) >= 11 is 1.45. The first-order valence-electron chi connectivity index (χ1n) is 11.3. The molecule has 2 aliphatic heterocycles. The summed E-state index contributed by atoms with van der Waals surface area (Å²) in [6.45, 7) is 9.97. The predicted octanol–water partition coefficient (Wildman–Crippen LogP) is 4.04. The number of anilines is 2. The van der Waals surface area contributed by atoms with E-state index in [1.165, 1.54) is 30.2 Å². The largest absolute Gasteiger partial charge is 0.376 e. The van der Waals surface area contributed by atoms with Crippen LogP contribution in [0.25, 0.3) is 0 Å². The molecule has 2 aliphatic rings. The number of carbonyl (C=O) groups is 1. The fraction of sp³-hybridized carbons (Fsp3) is 0.609. The summed E-state index contributed by atoms with van der Waals surface area (Å²) in [5.41, 5.74) is 3.14. The predicted molar refractivity (Wildman–Crippen MR) is 125 cm³/mol. The molecule has 1 aromatic carbocycles. The van der Waals surface area contributed by atoms with Crippen LogP contribution in [0.3, 0.4) is 0 Å². The molecule has 8 heteroatoms. The van der Waals surface area contributed by atoms with Crippen molar-refractivity contribution in [1.29, 1.82) is 0 Å². The maximum atomic E-state index is 12.6. The van der Waals surface area contributed by atoms with Gasteiger partial charge in [-0.2, -0.15) is 0 Å². The maximum Gasteiger partial charge on any atom is 0.234 e. The van der Waals surface area contributed by atoms with Crippen molar-refractivity contribution in [3.8, 4) is 0 Å². The summed E-state index contributed by atoms with van der Waals surface area (Å²) in [7, 11) is 0. The number of benzene rings is 1. The van der Waals surface area contributed by atoms with E-state index in [0.29, 0.717) is 5.75 Å². The molecule has 168 valence electrons. The topological polar surface area (TPSA) is 72.3 Å². The van der Waals surface area contributed by atoms with Crippen LogP contribution in [-0.2, 0) is 16.1 Å². The van der Waals surface area contributed by atoms with Gasteiger partial charge in [0.2, 0.25) is 11.9 Å². The van der Waals surface area contributed by atoms with Crippen LogP contribution in [0.2, 0.25) is 0 Å². The number of aryl methyl sites for hydroxylation is 1. The molecule has 1 atom stereocenters. The number of nitrogens with one attached hydrogen (secondary N) is 1. The Morgan fingerprint density at radius 3 is 2.77 bits per heavy atom. The van der Waals surface area contributed by atoms with E-state index < -0.39 is 0 Å². The van der Waals surface area contributed by atoms with E-state index in [-0.39, 0.29) is 12.0 Å². The van der Waals surface area contributed by atoms with Crippen LogP contribution in [0.5, 0.6) is 0 Å². The number of rotatable bonds is 7. The molecule has 1 amide bonds. The van der Waals surface area contributed by atoms with Crippen LogP contribution in [-0.4, -0.2) is 52.2 Å². The Morgan fingerprint density at radius 1 is 1.23 bits per heavy atom. The Hall–Kier alpha value is -2.06. The lowest BCUT2D eigenvalue weighted by Gasteiger charge is -2.31. The van der Waals surface area contributed by atoms with Gasteiger partial charge in [-0.1, -0.05) is 30.8 Å². The van der Waals surface area contributed by atoms with Gasteiger partial charge in [-0.25, -0.2) is 0 Å². The molecule has 31 heavy (non-hydrogen) atoms. The van der Waals surface area contributed by atoms with E-state index in [1.54, 1.807) is 0 Å². The van der Waals surface area contributed by atoms with Gasteiger partial charge in [-0.05, 0) is 62.6 Å². The zero-order valence-corrected chi connectivity index (χ0v) is 19.6. The Kier molecular flexibility index (Phi) is 7.17. The number of hydrogen-bond donors (Lipinski definition) is 1. The molecule has 1 unspecified atom stereocenters. The molecule has 4 rings (SSSR count). The third-order valence-corrected chi connectivity index (χ3v) is 7.35. The van der Waals surface area contributed by atoms with Gasteiger partial charge in [0.15, 0.2) is 5.16 Å². The summed E-state index contributed by atoms with van der Waals surface area (Å²) in [5.74, 6) is 1.95. The van der Waals surface area contributed by atoms with Crippen molar-refractivity contribution < 1.29 is 9.53 Å². The molecule has 0 bridgehead atoms. The molecule has 1 aromatic heterocycles. The summed E-state index contributed by atoms with van der Waals surface area (Å²) in [6, 6.07) is 5.96. The van der Waals surface area contributed by atoms with Gasteiger partial charge in [-0.3, -0.25) is 9.36 Å². The average molecular weight is 444 g/mol. The molecule has 3 heterocycles. The number of thioether (sulfide) groups is 1. The minimum atomic E-state index is -0.0290. The van der Waals surface area contributed by atoms with Crippen LogP contribution >= 0.6 is 11.8 Å². The number of nitrogens with zero attached hydrogens (tertiary/aromatic N) is 4. The van der Waals surface area contributed by atoms with Gasteiger partial charge in [0.1, 0.15) is 0 Å². The number of ether oxygens (including phenoxy) is 1. The highest BCUT2D eigenvalue weighted by Crippen LogP contribution is 2.28. The Balaban J connectivity index is 1.45. The normalized spacial score (nSPS) is 19.7. The second kappa shape index (κ2) is 10.0. The molecule has 0 saturated carbocycles. The second-order valence-electron chi connectivity index (χ2n) is 8.78. The van der Waals surface area contributed by atoms with Crippen molar-refractivity contribution in [2.24, 2.45) is 5.92 Å². The fourth-order valence-corrected chi connectivity index (χ4v) is 4.93. The highest BCUT2D eigenvalue weighted by Gasteiger charge is 2.26. The molecule has 2 saturated heterocycles. The summed E-state index contributed by atoms with van der Waals surface area (Å²) in [5, 5.41) is 12.8. The lowest BCUT2D eigenvalue weighted by atomic mass is 10.00. The van der Waals surface area contributed by atoms with E-state index in [1.807, 2.05) is 19.1 Å². The van der Waals surface area contributed by atoms with Gasteiger partial charge in [0, 0.05) is 25.4 Å². The van der Waals surface area contributed by atoms with E-state index in [0.717, 1.165) is 67.4 Å². The van der Waals surface area contributed by atoms with Crippen molar-refractivity contribution in [1.82, 2.24) is 14.8 Å². The Labute approximate surface area is 188 Å². The SMILES string of the molecule is Cc1cccc(NC(=O)CSc2nnc(N3CCC(C)CC3)n2CC2CCCO2)c1C. The third-order valence-electron chi connectivity index (χ3n) is 6.39. The molecule has 2 fully saturated rings. The van der Waals surface area contributed by atoms with Gasteiger partial charge in [0.25, 0.3) is 0 Å². The van der Waals surface area contributed by atoms with Crippen LogP contribution in [0.4, 0.5) is 11.6 Å². The quantitative estimate of drug-likeness (QED) is 0.651. The molecular formula is C23H33N5O2S. The van der Waals surface area contributed by atoms with E-state index in [9.17, 15) is 4.79 Å². The van der Waals surface area contributed by atoms with E-state index >= 15 is 0 Å². The monoisotopic (exact) mass is 443 g/mol. The summed E-state index contributed by atoms with van der Waals surface area (Å²) in [4.78, 5) is 15.0. The van der Waals surface area contributed by atoms with Gasteiger partial charge >= 0.3 is 0 Å². The molecule has 0 radical (unpaired) electrons. The van der Waals surface area contributed by atoms with Crippen LogP contribution in [0, 0.1) is 19.8 Å². The highest BCUT2D eigenvalue weighted by atomic mass is 32.2. The number of amides is 1. The van der Waals surface area contributed by atoms with Crippen LogP contribution in [0.1, 0.15) is 43.7 Å². The molecule has 0 aliphatic carbocycles. The van der Waals surface area contributed by atoms with Crippen LogP contribution < -0.4 is 10.2 Å². The Bertz CT molecular complexity index is 901. The van der Waals surface area contributed by atoms with E-state index in [4.69, 9.17) is 4.74 Å². The molecule has 0 spiro atoms. The molecule has 7 nitrogen and oxygen atoms in total. The lowest BCUT2D eigenvalue weighted by molar-refractivity contribution is -0.113. The minimum Gasteiger partial charge on any atom is -0.376 e. The Morgan fingerprint density at radius 2 is 2.03 bits per heavy atom. The van der Waals surface area contributed by atoms with Crippen molar-refractivity contribution in [2.45, 2.75) is 64.3 Å². The molecule has 1 N–H and O–H groups in total. The maximum absolute atomic E-state index is 12.6. The lowest BCUT2D eigenvalue weighted by Crippen LogP contribution is -2.35. The number of carbonyl (C=O) groups excluding carboxylic acids is 1. The zero-order valence-electron chi connectivity index (χ0n) is 18.8. The van der Waals surface area contributed by atoms with Crippen molar-refractivity contribution in [3.05, 3.63) is 29.3 Å². The fourth-order valence-electron chi connectivity index (χ4n) is 4.18. The first-order valence-corrected chi connectivity index (χ1v) is 12.3. The highest BCUT2D eigenvalue weighted by molar-refractivity contribution is 7.99. The zero-order chi connectivity index (χ0) is 21.8. The minimum absolute atomic E-state index is 0.0290. The average Bonchev–Trinajstić information content (AvgIpc) is 3.41. The van der Waals surface area contributed by atoms with Crippen LogP contribution in [0.15, 0.2) is 23.4 Å². The molecular weight excluding hydrogens is 410 g/mol. The first kappa shape index (κ1) is 22.1. The van der Waals surface area contributed by atoms with Gasteiger partial charge in [-0.15, -0.1) is 10.2 Å². The third kappa shape index (κ3) is 5.41. The molecule has 2 aromatic rings. The summed E-state index contributed by atoms with van der Waals surface area (Å²) in [6.07, 6.45) is 4.71. The smallest absolute Gasteiger partial charge is 0.234 e. The van der Waals surface area contributed by atoms with Gasteiger partial charge < -0.3 is 15.0 Å². The first-order chi connectivity index (χ1) is 15.0. The number of hydrogen-bond acceptors (Lipinski definition) is 6. The summed E-state index contributed by atoms with van der Waals surface area (Å²) < 4.78 is 8.05. The standard InChI is InChI=1S/C23H33N5O2S/c1-16-9-11-27(12-10-16)22-25-26-23(28(22)14-19-7-5-13-30-19)31-15-21(29)24-20-8-4-6-17(2)18(20)3/h4,6,8,16,19H,5,7,9-15H2,1-3H3,(H,24,29). The number of piperidine rings is 1. The van der Waals surface area contributed by atoms with Gasteiger partial charge in [0.05, 0.1) is 18.4 Å². The van der Waals surface area contributed by atoms with Crippen molar-refractivity contribution >= 4 is 29.3 Å². The van der Waals surface area contributed by atoms with E-state index in [2.05, 4.69) is 44.9 Å².